The number of aromatic nitrogens is 2. The van der Waals surface area contributed by atoms with Gasteiger partial charge in [-0.2, -0.15) is 13.2 Å². The number of carbonyl (C=O) groups is 4. The molecule has 2 aliphatic rings. The average Bonchev–Trinajstić information content (AvgIpc) is 3.41. The van der Waals surface area contributed by atoms with Crippen LogP contribution in [0.4, 0.5) is 35.9 Å². The van der Waals surface area contributed by atoms with Gasteiger partial charge in [0.2, 0.25) is 11.7 Å². The number of carbonyl (C=O) groups excluding carboxylic acids is 4. The highest BCUT2D eigenvalue weighted by Crippen LogP contribution is 2.33. The van der Waals surface area contributed by atoms with E-state index in [1.165, 1.54) is 0 Å². The topological polar surface area (TPSA) is 138 Å². The first-order chi connectivity index (χ1) is 23.4. The minimum Gasteiger partial charge on any atom is -0.457 e. The second-order valence-corrected chi connectivity index (χ2v) is 12.9. The van der Waals surface area contributed by atoms with E-state index in [0.29, 0.717) is 25.0 Å². The van der Waals surface area contributed by atoms with Gasteiger partial charge < -0.3 is 33.7 Å². The van der Waals surface area contributed by atoms with Gasteiger partial charge in [-0.25, -0.2) is 32.5 Å². The van der Waals surface area contributed by atoms with E-state index in [4.69, 9.17) is 18.9 Å². The zero-order valence-corrected chi connectivity index (χ0v) is 27.7. The lowest BCUT2D eigenvalue weighted by Crippen LogP contribution is -2.45. The Kier molecular flexibility index (Phi) is 12.3. The van der Waals surface area contributed by atoms with E-state index in [9.17, 15) is 45.5 Å². The number of hydrogen-bond donors (Lipinski definition) is 1. The predicted molar refractivity (Wildman–Crippen MR) is 160 cm³/mol. The van der Waals surface area contributed by atoms with E-state index in [1.807, 2.05) is 0 Å². The second-order valence-electron chi connectivity index (χ2n) is 12.9. The Balaban J connectivity index is 1.45. The Hall–Kier alpha value is -4.51. The molecular weight excluding hydrogens is 682 g/mol. The summed E-state index contributed by atoms with van der Waals surface area (Å²) in [6.45, 7) is 2.52. The van der Waals surface area contributed by atoms with Crippen LogP contribution in [0.5, 0.6) is 0 Å². The van der Waals surface area contributed by atoms with Crippen LogP contribution in [-0.2, 0) is 49.4 Å². The normalized spacial score (nSPS) is 15.9. The lowest BCUT2D eigenvalue weighted by atomic mass is 9.98. The maximum atomic E-state index is 14.5. The molecule has 4 rings (SSSR count). The smallest absolute Gasteiger partial charge is 0.457 e. The molecule has 1 saturated carbocycles. The maximum absolute atomic E-state index is 14.5. The number of nitrogens with zero attached hydrogens (tertiary/aromatic N) is 3. The van der Waals surface area contributed by atoms with Crippen LogP contribution in [0.25, 0.3) is 0 Å². The highest BCUT2D eigenvalue weighted by atomic mass is 19.4. The number of hydrogen-bond acceptors (Lipinski definition) is 9. The van der Waals surface area contributed by atoms with Crippen molar-refractivity contribution in [1.29, 1.82) is 0 Å². The minimum absolute atomic E-state index is 0.268. The van der Waals surface area contributed by atoms with Crippen molar-refractivity contribution in [1.82, 2.24) is 19.8 Å². The third-order valence-corrected chi connectivity index (χ3v) is 7.86. The van der Waals surface area contributed by atoms with Crippen molar-refractivity contribution >= 4 is 24.1 Å². The van der Waals surface area contributed by atoms with Crippen LogP contribution in [0.1, 0.15) is 86.9 Å². The standard InChI is InChI=1S/C32H38F6N4O8/c1-31(2,3)50-29(45)39-19(13-18-14-22(34)23(35)16-21(18)33)15-25(43)41-9-10-42-24(17-41)26(40-28(42)32(36,37)38)27(44)47-11-12-48-30(46)49-20-7-5-4-6-8-20/h14,16,19-20H,4-13,15,17H2,1-3H3,(H,39,45)/t19-/m1/s1. The molecule has 12 nitrogen and oxygen atoms in total. The van der Waals surface area contributed by atoms with E-state index in [-0.39, 0.29) is 23.9 Å². The third kappa shape index (κ3) is 10.5. The van der Waals surface area contributed by atoms with Gasteiger partial charge in [0.1, 0.15) is 30.7 Å². The van der Waals surface area contributed by atoms with E-state index < -0.39 is 110 Å². The summed E-state index contributed by atoms with van der Waals surface area (Å²) in [4.78, 5) is 55.4. The summed E-state index contributed by atoms with van der Waals surface area (Å²) in [6.07, 6.45) is -4.00. The summed E-state index contributed by atoms with van der Waals surface area (Å²) < 4.78 is 105. The number of esters is 1. The van der Waals surface area contributed by atoms with Crippen molar-refractivity contribution in [3.63, 3.8) is 0 Å². The van der Waals surface area contributed by atoms with Crippen molar-refractivity contribution in [3.8, 4) is 0 Å². The number of ether oxygens (including phenoxy) is 4. The molecule has 2 aromatic rings. The van der Waals surface area contributed by atoms with Gasteiger partial charge >= 0.3 is 24.4 Å². The number of alkyl halides is 3. The molecule has 2 amide bonds. The molecule has 0 spiro atoms. The molecule has 0 saturated heterocycles. The van der Waals surface area contributed by atoms with Gasteiger partial charge in [-0.15, -0.1) is 0 Å². The molecule has 1 aliphatic heterocycles. The first-order valence-corrected chi connectivity index (χ1v) is 16.0. The largest absolute Gasteiger partial charge is 0.508 e. The fraction of sp³-hybridized carbons (Fsp3) is 0.594. The highest BCUT2D eigenvalue weighted by molar-refractivity contribution is 5.89. The SMILES string of the molecule is CC(C)(C)OC(=O)N[C@@H](CC(=O)N1CCn2c(C(F)(F)F)nc(C(=O)OCCOC(=O)OC3CCCCC3)c2C1)Cc1cc(F)c(F)cc1F. The number of fused-ring (bicyclic) bond motifs is 1. The molecule has 276 valence electrons. The number of amides is 2. The molecule has 1 aliphatic carbocycles. The van der Waals surface area contributed by atoms with Crippen molar-refractivity contribution in [2.24, 2.45) is 0 Å². The van der Waals surface area contributed by atoms with E-state index >= 15 is 0 Å². The number of nitrogens with one attached hydrogen (secondary N) is 1. The van der Waals surface area contributed by atoms with Gasteiger partial charge in [0.05, 0.1) is 12.2 Å². The first kappa shape index (κ1) is 38.3. The Labute approximate surface area is 283 Å². The van der Waals surface area contributed by atoms with Gasteiger partial charge in [0.25, 0.3) is 0 Å². The molecule has 1 fully saturated rings. The van der Waals surface area contributed by atoms with Crippen LogP contribution >= 0.6 is 0 Å². The summed E-state index contributed by atoms with van der Waals surface area (Å²) in [5.41, 5.74) is -2.33. The van der Waals surface area contributed by atoms with E-state index in [0.717, 1.165) is 28.7 Å². The number of halogens is 6. The average molecular weight is 721 g/mol. The third-order valence-electron chi connectivity index (χ3n) is 7.86. The Morgan fingerprint density at radius 3 is 2.26 bits per heavy atom. The number of imidazole rings is 1. The summed E-state index contributed by atoms with van der Waals surface area (Å²) in [5, 5.41) is 2.41. The van der Waals surface area contributed by atoms with Crippen molar-refractivity contribution in [3.05, 3.63) is 52.4 Å². The van der Waals surface area contributed by atoms with Crippen molar-refractivity contribution in [2.75, 3.05) is 19.8 Å². The number of rotatable bonds is 10. The lowest BCUT2D eigenvalue weighted by molar-refractivity contribution is -0.148. The Bertz CT molecular complexity index is 1570. The minimum atomic E-state index is -4.97. The van der Waals surface area contributed by atoms with Crippen molar-refractivity contribution < 1.29 is 64.5 Å². The molecule has 2 heterocycles. The van der Waals surface area contributed by atoms with Crippen LogP contribution in [0, 0.1) is 17.5 Å². The molecule has 50 heavy (non-hydrogen) atoms. The van der Waals surface area contributed by atoms with Gasteiger partial charge in [-0.05, 0) is 64.5 Å². The fourth-order valence-electron chi connectivity index (χ4n) is 5.62. The summed E-state index contributed by atoms with van der Waals surface area (Å²) in [6, 6.07) is -0.333. The Morgan fingerprint density at radius 1 is 0.940 bits per heavy atom. The molecule has 1 aromatic carbocycles. The van der Waals surface area contributed by atoms with Gasteiger partial charge in [-0.1, -0.05) is 6.42 Å². The van der Waals surface area contributed by atoms with Crippen LogP contribution in [0.3, 0.4) is 0 Å². The molecule has 1 N–H and O–H groups in total. The molecule has 18 heteroatoms. The van der Waals surface area contributed by atoms with E-state index in [2.05, 4.69) is 10.3 Å². The summed E-state index contributed by atoms with van der Waals surface area (Å²) in [5.74, 6) is -7.33. The van der Waals surface area contributed by atoms with Crippen LogP contribution < -0.4 is 5.32 Å². The van der Waals surface area contributed by atoms with Gasteiger partial charge in [0.15, 0.2) is 17.3 Å². The summed E-state index contributed by atoms with van der Waals surface area (Å²) >= 11 is 0. The van der Waals surface area contributed by atoms with Gasteiger partial charge in [-0.3, -0.25) is 4.79 Å². The number of alkyl carbamates (subject to hydrolysis) is 1. The van der Waals surface area contributed by atoms with Crippen LogP contribution in [0.15, 0.2) is 12.1 Å². The maximum Gasteiger partial charge on any atom is 0.508 e. The first-order valence-electron chi connectivity index (χ1n) is 16.0. The van der Waals surface area contributed by atoms with Crippen LogP contribution in [0.2, 0.25) is 0 Å². The highest BCUT2D eigenvalue weighted by Gasteiger charge is 2.42. The molecule has 0 bridgehead atoms. The Morgan fingerprint density at radius 2 is 1.60 bits per heavy atom. The molecule has 1 aromatic heterocycles. The molecule has 0 radical (unpaired) electrons. The number of benzene rings is 1. The predicted octanol–water partition coefficient (Wildman–Crippen LogP) is 5.83. The monoisotopic (exact) mass is 720 g/mol. The van der Waals surface area contributed by atoms with Crippen LogP contribution in [-0.4, -0.2) is 76.1 Å². The van der Waals surface area contributed by atoms with Crippen molar-refractivity contribution in [2.45, 2.75) is 103 Å². The van der Waals surface area contributed by atoms with E-state index in [1.54, 1.807) is 20.8 Å². The lowest BCUT2D eigenvalue weighted by Gasteiger charge is -2.31. The fourth-order valence-corrected chi connectivity index (χ4v) is 5.62. The molecule has 1 atom stereocenters. The summed E-state index contributed by atoms with van der Waals surface area (Å²) in [7, 11) is 0. The molecule has 0 unspecified atom stereocenters. The van der Waals surface area contributed by atoms with Gasteiger partial charge in [0, 0.05) is 31.6 Å². The zero-order chi connectivity index (χ0) is 36.8. The quantitative estimate of drug-likeness (QED) is 0.106. The molecular formula is C32H38F6N4O8. The zero-order valence-electron chi connectivity index (χ0n) is 27.7. The second kappa shape index (κ2) is 16.0.